The number of nitrogens with two attached hydrogens (primary N) is 1. The van der Waals surface area contributed by atoms with Crippen molar-refractivity contribution in [2.75, 3.05) is 5.73 Å². The summed E-state index contributed by atoms with van der Waals surface area (Å²) in [4.78, 5) is 16.0. The molecule has 0 aliphatic rings. The molecule has 0 radical (unpaired) electrons. The number of aromatic nitrogens is 2. The standard InChI is InChI=1S/C14H17N3O/c1-3-13-11(10-5-7-16-8-6-10)9-12(15)14(18)17(13)4-2/h5-9H,3-4,15H2,1-2H3. The summed E-state index contributed by atoms with van der Waals surface area (Å²) in [5.41, 5.74) is 9.06. The highest BCUT2D eigenvalue weighted by Gasteiger charge is 2.12. The number of nitrogen functional groups attached to an aromatic ring is 1. The zero-order chi connectivity index (χ0) is 13.1. The van der Waals surface area contributed by atoms with E-state index in [1.165, 1.54) is 0 Å². The predicted molar refractivity (Wildman–Crippen MR) is 73.4 cm³/mol. The highest BCUT2D eigenvalue weighted by Crippen LogP contribution is 2.24. The van der Waals surface area contributed by atoms with Crippen molar-refractivity contribution in [3.63, 3.8) is 0 Å². The fraction of sp³-hybridized carbons (Fsp3) is 0.286. The van der Waals surface area contributed by atoms with E-state index in [4.69, 9.17) is 5.73 Å². The molecule has 0 fully saturated rings. The lowest BCUT2D eigenvalue weighted by atomic mass is 10.0. The van der Waals surface area contributed by atoms with Crippen LogP contribution in [0.15, 0.2) is 35.4 Å². The highest BCUT2D eigenvalue weighted by molar-refractivity contribution is 5.69. The molecule has 0 aliphatic carbocycles. The van der Waals surface area contributed by atoms with Crippen LogP contribution in [-0.4, -0.2) is 9.55 Å². The fourth-order valence-electron chi connectivity index (χ4n) is 2.22. The largest absolute Gasteiger partial charge is 0.394 e. The Morgan fingerprint density at radius 2 is 1.94 bits per heavy atom. The second-order valence-electron chi connectivity index (χ2n) is 4.10. The van der Waals surface area contributed by atoms with Gasteiger partial charge in [-0.25, -0.2) is 0 Å². The van der Waals surface area contributed by atoms with Crippen molar-refractivity contribution in [1.29, 1.82) is 0 Å². The van der Waals surface area contributed by atoms with Gasteiger partial charge in [0.1, 0.15) is 0 Å². The first-order valence-electron chi connectivity index (χ1n) is 6.11. The Kier molecular flexibility index (Phi) is 3.46. The van der Waals surface area contributed by atoms with Gasteiger partial charge < -0.3 is 10.3 Å². The number of rotatable bonds is 3. The van der Waals surface area contributed by atoms with Gasteiger partial charge in [-0.2, -0.15) is 0 Å². The van der Waals surface area contributed by atoms with Crippen LogP contribution < -0.4 is 11.3 Å². The van der Waals surface area contributed by atoms with Gasteiger partial charge in [-0.3, -0.25) is 9.78 Å². The van der Waals surface area contributed by atoms with Crippen molar-refractivity contribution >= 4 is 5.69 Å². The zero-order valence-corrected chi connectivity index (χ0v) is 10.7. The van der Waals surface area contributed by atoms with Crippen molar-refractivity contribution in [3.05, 3.63) is 46.6 Å². The summed E-state index contributed by atoms with van der Waals surface area (Å²) in [6.45, 7) is 4.63. The minimum atomic E-state index is -0.104. The summed E-state index contributed by atoms with van der Waals surface area (Å²) < 4.78 is 1.74. The molecule has 2 aromatic heterocycles. The van der Waals surface area contributed by atoms with Crippen LogP contribution in [0.3, 0.4) is 0 Å². The van der Waals surface area contributed by atoms with Crippen LogP contribution in [0.4, 0.5) is 5.69 Å². The Balaban J connectivity index is 2.75. The molecule has 0 atom stereocenters. The lowest BCUT2D eigenvalue weighted by Crippen LogP contribution is -2.25. The Hall–Kier alpha value is -2.10. The zero-order valence-electron chi connectivity index (χ0n) is 10.7. The maximum Gasteiger partial charge on any atom is 0.273 e. The van der Waals surface area contributed by atoms with Crippen molar-refractivity contribution in [2.24, 2.45) is 0 Å². The molecule has 94 valence electrons. The van der Waals surface area contributed by atoms with Crippen molar-refractivity contribution < 1.29 is 0 Å². The van der Waals surface area contributed by atoms with E-state index in [9.17, 15) is 4.79 Å². The summed E-state index contributed by atoms with van der Waals surface area (Å²) in [6.07, 6.45) is 4.28. The van der Waals surface area contributed by atoms with Crippen LogP contribution in [0.5, 0.6) is 0 Å². The summed E-state index contributed by atoms with van der Waals surface area (Å²) in [6, 6.07) is 5.62. The summed E-state index contributed by atoms with van der Waals surface area (Å²) in [5.74, 6) is 0. The van der Waals surface area contributed by atoms with Crippen LogP contribution in [0.2, 0.25) is 0 Å². The monoisotopic (exact) mass is 243 g/mol. The lowest BCUT2D eigenvalue weighted by molar-refractivity contribution is 0.685. The maximum absolute atomic E-state index is 12.0. The molecular formula is C14H17N3O. The average molecular weight is 243 g/mol. The molecule has 0 amide bonds. The minimum absolute atomic E-state index is 0.104. The second-order valence-corrected chi connectivity index (χ2v) is 4.10. The molecule has 2 heterocycles. The quantitative estimate of drug-likeness (QED) is 0.897. The third-order valence-corrected chi connectivity index (χ3v) is 3.07. The molecule has 18 heavy (non-hydrogen) atoms. The van der Waals surface area contributed by atoms with Crippen molar-refractivity contribution in [3.8, 4) is 11.1 Å². The minimum Gasteiger partial charge on any atom is -0.394 e. The first kappa shape index (κ1) is 12.4. The SMILES string of the molecule is CCc1c(-c2ccncc2)cc(N)c(=O)n1CC. The van der Waals surface area contributed by atoms with Gasteiger partial charge in [0.2, 0.25) is 0 Å². The molecule has 2 aromatic rings. The Bertz CT molecular complexity index is 602. The summed E-state index contributed by atoms with van der Waals surface area (Å²) >= 11 is 0. The van der Waals surface area contributed by atoms with E-state index < -0.39 is 0 Å². The van der Waals surface area contributed by atoms with Gasteiger partial charge in [0, 0.05) is 30.2 Å². The van der Waals surface area contributed by atoms with Crippen LogP contribution >= 0.6 is 0 Å². The molecule has 0 saturated heterocycles. The molecule has 0 saturated carbocycles. The third kappa shape index (κ3) is 2.01. The van der Waals surface area contributed by atoms with E-state index in [2.05, 4.69) is 4.98 Å². The molecule has 0 aromatic carbocycles. The van der Waals surface area contributed by atoms with Crippen LogP contribution in [0, 0.1) is 0 Å². The Labute approximate surface area is 106 Å². The van der Waals surface area contributed by atoms with Gasteiger partial charge in [0.25, 0.3) is 5.56 Å². The summed E-state index contributed by atoms with van der Waals surface area (Å²) in [5, 5.41) is 0. The topological polar surface area (TPSA) is 60.9 Å². The molecule has 0 aliphatic heterocycles. The van der Waals surface area contributed by atoms with Gasteiger partial charge in [0.15, 0.2) is 0 Å². The molecular weight excluding hydrogens is 226 g/mol. The van der Waals surface area contributed by atoms with E-state index >= 15 is 0 Å². The molecule has 2 N–H and O–H groups in total. The first-order valence-corrected chi connectivity index (χ1v) is 6.11. The van der Waals surface area contributed by atoms with Crippen molar-refractivity contribution in [1.82, 2.24) is 9.55 Å². The van der Waals surface area contributed by atoms with Crippen LogP contribution in [0.25, 0.3) is 11.1 Å². The lowest BCUT2D eigenvalue weighted by Gasteiger charge is -2.15. The molecule has 4 nitrogen and oxygen atoms in total. The van der Waals surface area contributed by atoms with E-state index in [1.54, 1.807) is 23.0 Å². The molecule has 0 spiro atoms. The number of hydrogen-bond donors (Lipinski definition) is 1. The molecule has 2 rings (SSSR count). The number of anilines is 1. The predicted octanol–water partition coefficient (Wildman–Crippen LogP) is 2.07. The van der Waals surface area contributed by atoms with E-state index in [1.807, 2.05) is 26.0 Å². The number of pyridine rings is 2. The fourth-order valence-corrected chi connectivity index (χ4v) is 2.22. The van der Waals surface area contributed by atoms with Gasteiger partial charge in [-0.15, -0.1) is 0 Å². The first-order chi connectivity index (χ1) is 8.69. The highest BCUT2D eigenvalue weighted by atomic mass is 16.1. The Morgan fingerprint density at radius 1 is 1.28 bits per heavy atom. The Morgan fingerprint density at radius 3 is 2.50 bits per heavy atom. The van der Waals surface area contributed by atoms with Crippen LogP contribution in [-0.2, 0) is 13.0 Å². The van der Waals surface area contributed by atoms with Gasteiger partial charge >= 0.3 is 0 Å². The van der Waals surface area contributed by atoms with Gasteiger partial charge in [-0.1, -0.05) is 6.92 Å². The van der Waals surface area contributed by atoms with E-state index in [0.717, 1.165) is 23.2 Å². The third-order valence-electron chi connectivity index (χ3n) is 3.07. The summed E-state index contributed by atoms with van der Waals surface area (Å²) in [7, 11) is 0. The van der Waals surface area contributed by atoms with E-state index in [0.29, 0.717) is 12.2 Å². The van der Waals surface area contributed by atoms with Gasteiger partial charge in [-0.05, 0) is 37.1 Å². The van der Waals surface area contributed by atoms with Crippen molar-refractivity contribution in [2.45, 2.75) is 26.8 Å². The van der Waals surface area contributed by atoms with Crippen LogP contribution in [0.1, 0.15) is 19.5 Å². The number of nitrogens with zero attached hydrogens (tertiary/aromatic N) is 2. The molecule has 4 heteroatoms. The van der Waals surface area contributed by atoms with E-state index in [-0.39, 0.29) is 5.56 Å². The smallest absolute Gasteiger partial charge is 0.273 e. The maximum atomic E-state index is 12.0. The number of hydrogen-bond acceptors (Lipinski definition) is 3. The normalized spacial score (nSPS) is 10.6. The second kappa shape index (κ2) is 5.04. The van der Waals surface area contributed by atoms with Gasteiger partial charge in [0.05, 0.1) is 5.69 Å². The molecule has 0 bridgehead atoms. The molecule has 0 unspecified atom stereocenters. The average Bonchev–Trinajstić information content (AvgIpc) is 2.42.